The van der Waals surface area contributed by atoms with Gasteiger partial charge in [-0.05, 0) is 12.1 Å². The number of esters is 2. The Bertz CT molecular complexity index is 1260. The summed E-state index contributed by atoms with van der Waals surface area (Å²) < 4.78 is 17.2. The molecule has 0 radical (unpaired) electrons. The molecule has 0 unspecified atom stereocenters. The number of nitrogens with two attached hydrogens (primary N) is 1. The van der Waals surface area contributed by atoms with E-state index in [1.54, 1.807) is 48.5 Å². The number of nitriles is 1. The van der Waals surface area contributed by atoms with Crippen molar-refractivity contribution in [3.05, 3.63) is 77.7 Å². The Hall–Kier alpha value is -4.58. The number of nitrogens with zero attached hydrogens (tertiary/aromatic N) is 3. The fourth-order valence-corrected chi connectivity index (χ4v) is 3.78. The SMILES string of the molecule is COC(=O)C1(C(=O)OC)C(C#N)=C(N)Oc2c1c(-c1ccccc1)nn2-c1ccccc1. The summed E-state index contributed by atoms with van der Waals surface area (Å²) in [6.45, 7) is 0. The van der Waals surface area contributed by atoms with Gasteiger partial charge in [-0.1, -0.05) is 48.5 Å². The highest BCUT2D eigenvalue weighted by Gasteiger charge is 2.62. The summed E-state index contributed by atoms with van der Waals surface area (Å²) >= 11 is 0. The number of carbonyl (C=O) groups excluding carboxylic acids is 2. The number of methoxy groups -OCH3 is 2. The highest BCUT2D eigenvalue weighted by atomic mass is 16.5. The van der Waals surface area contributed by atoms with Crippen LogP contribution < -0.4 is 10.5 Å². The maximum atomic E-state index is 13.2. The second-order valence-electron chi connectivity index (χ2n) is 6.83. The molecule has 0 saturated heterocycles. The van der Waals surface area contributed by atoms with E-state index in [-0.39, 0.29) is 17.1 Å². The molecule has 0 aliphatic carbocycles. The van der Waals surface area contributed by atoms with Gasteiger partial charge in [-0.25, -0.2) is 0 Å². The Morgan fingerprint density at radius 2 is 1.59 bits per heavy atom. The number of benzene rings is 2. The molecule has 0 saturated carbocycles. The lowest BCUT2D eigenvalue weighted by atomic mass is 9.72. The Kier molecular flexibility index (Phi) is 5.12. The zero-order chi connectivity index (χ0) is 22.9. The van der Waals surface area contributed by atoms with E-state index in [0.717, 1.165) is 14.2 Å². The molecule has 1 aromatic heterocycles. The van der Waals surface area contributed by atoms with Crippen LogP contribution in [0.15, 0.2) is 72.1 Å². The van der Waals surface area contributed by atoms with Crippen molar-refractivity contribution in [1.82, 2.24) is 9.78 Å². The summed E-state index contributed by atoms with van der Waals surface area (Å²) in [4.78, 5) is 26.5. The summed E-state index contributed by atoms with van der Waals surface area (Å²) in [5.41, 5.74) is 4.69. The molecular formula is C23H18N4O5. The second-order valence-corrected chi connectivity index (χ2v) is 6.83. The van der Waals surface area contributed by atoms with Crippen LogP contribution in [0.25, 0.3) is 16.9 Å². The zero-order valence-corrected chi connectivity index (χ0v) is 17.2. The lowest BCUT2D eigenvalue weighted by molar-refractivity contribution is -0.159. The first-order valence-electron chi connectivity index (χ1n) is 9.50. The van der Waals surface area contributed by atoms with Gasteiger partial charge in [0, 0.05) is 5.56 Å². The van der Waals surface area contributed by atoms with Gasteiger partial charge in [-0.3, -0.25) is 9.59 Å². The summed E-state index contributed by atoms with van der Waals surface area (Å²) in [5, 5.41) is 14.5. The molecule has 2 heterocycles. The first-order chi connectivity index (χ1) is 15.5. The zero-order valence-electron chi connectivity index (χ0n) is 17.2. The van der Waals surface area contributed by atoms with Crippen LogP contribution in [0.4, 0.5) is 0 Å². The number of rotatable bonds is 4. The van der Waals surface area contributed by atoms with Crippen LogP contribution in [-0.2, 0) is 24.5 Å². The number of ether oxygens (including phenoxy) is 3. The quantitative estimate of drug-likeness (QED) is 0.493. The number of para-hydroxylation sites is 1. The number of hydrogen-bond donors (Lipinski definition) is 1. The van der Waals surface area contributed by atoms with Crippen LogP contribution in [0, 0.1) is 11.3 Å². The molecule has 0 atom stereocenters. The van der Waals surface area contributed by atoms with Gasteiger partial charge in [-0.15, -0.1) is 0 Å². The number of carbonyl (C=O) groups is 2. The van der Waals surface area contributed by atoms with Crippen molar-refractivity contribution < 1.29 is 23.8 Å². The van der Waals surface area contributed by atoms with E-state index in [2.05, 4.69) is 5.10 Å². The predicted molar refractivity (Wildman–Crippen MR) is 112 cm³/mol. The minimum atomic E-state index is -2.33. The number of aromatic nitrogens is 2. The third kappa shape index (κ3) is 2.81. The first-order valence-corrected chi connectivity index (χ1v) is 9.50. The topological polar surface area (TPSA) is 129 Å². The molecule has 32 heavy (non-hydrogen) atoms. The molecule has 9 heteroatoms. The predicted octanol–water partition coefficient (Wildman–Crippen LogP) is 2.21. The minimum absolute atomic E-state index is 0.00218. The van der Waals surface area contributed by atoms with Crippen LogP contribution in [-0.4, -0.2) is 35.9 Å². The molecule has 9 nitrogen and oxygen atoms in total. The van der Waals surface area contributed by atoms with E-state index in [1.165, 1.54) is 4.68 Å². The van der Waals surface area contributed by atoms with Crippen molar-refractivity contribution in [1.29, 1.82) is 5.26 Å². The van der Waals surface area contributed by atoms with Crippen molar-refractivity contribution in [3.63, 3.8) is 0 Å². The van der Waals surface area contributed by atoms with Crippen molar-refractivity contribution in [2.45, 2.75) is 5.41 Å². The highest BCUT2D eigenvalue weighted by Crippen LogP contribution is 2.49. The molecule has 1 aliphatic rings. The molecule has 0 spiro atoms. The third-order valence-electron chi connectivity index (χ3n) is 5.19. The number of fused-ring (bicyclic) bond motifs is 1. The lowest BCUT2D eigenvalue weighted by Crippen LogP contribution is -2.50. The molecule has 0 amide bonds. The Morgan fingerprint density at radius 3 is 2.12 bits per heavy atom. The first kappa shape index (κ1) is 20.7. The summed E-state index contributed by atoms with van der Waals surface area (Å²) in [6, 6.07) is 19.7. The molecule has 160 valence electrons. The van der Waals surface area contributed by atoms with Crippen LogP contribution in [0.2, 0.25) is 0 Å². The molecule has 1 aliphatic heterocycles. The Morgan fingerprint density at radius 1 is 1.03 bits per heavy atom. The van der Waals surface area contributed by atoms with E-state index in [9.17, 15) is 14.9 Å². The van der Waals surface area contributed by atoms with Gasteiger partial charge >= 0.3 is 11.9 Å². The van der Waals surface area contributed by atoms with Crippen LogP contribution in [0.3, 0.4) is 0 Å². The van der Waals surface area contributed by atoms with Crippen LogP contribution >= 0.6 is 0 Å². The summed E-state index contributed by atoms with van der Waals surface area (Å²) in [7, 11) is 2.22. The van der Waals surface area contributed by atoms with Crippen molar-refractivity contribution >= 4 is 11.9 Å². The molecule has 4 rings (SSSR count). The monoisotopic (exact) mass is 430 g/mol. The Labute approximate surface area is 183 Å². The average molecular weight is 430 g/mol. The molecular weight excluding hydrogens is 412 g/mol. The van der Waals surface area contributed by atoms with Crippen molar-refractivity contribution in [3.8, 4) is 28.9 Å². The van der Waals surface area contributed by atoms with Crippen molar-refractivity contribution in [2.75, 3.05) is 14.2 Å². The van der Waals surface area contributed by atoms with Gasteiger partial charge in [-0.2, -0.15) is 15.0 Å². The van der Waals surface area contributed by atoms with Gasteiger partial charge in [0.15, 0.2) is 0 Å². The van der Waals surface area contributed by atoms with Crippen molar-refractivity contribution in [2.24, 2.45) is 5.73 Å². The van der Waals surface area contributed by atoms with E-state index in [4.69, 9.17) is 19.9 Å². The molecule has 2 N–H and O–H groups in total. The number of hydrogen-bond acceptors (Lipinski definition) is 8. The minimum Gasteiger partial charge on any atom is -0.468 e. The molecule has 0 fully saturated rings. The van der Waals surface area contributed by atoms with Crippen LogP contribution in [0.1, 0.15) is 5.56 Å². The standard InChI is InChI=1S/C23H18N4O5/c1-30-21(28)23(22(29)31-2)16(13-24)19(25)32-20-17(23)18(14-9-5-3-6-10-14)26-27(20)15-11-7-4-8-12-15/h3-12H,25H2,1-2H3. The summed E-state index contributed by atoms with van der Waals surface area (Å²) in [5.74, 6) is -2.51. The maximum Gasteiger partial charge on any atom is 0.333 e. The van der Waals surface area contributed by atoms with Gasteiger partial charge < -0.3 is 19.9 Å². The van der Waals surface area contributed by atoms with Gasteiger partial charge in [0.25, 0.3) is 0 Å². The normalized spacial score (nSPS) is 14.0. The van der Waals surface area contributed by atoms with Gasteiger partial charge in [0.2, 0.25) is 17.2 Å². The van der Waals surface area contributed by atoms with Gasteiger partial charge in [0.05, 0.1) is 25.5 Å². The molecule has 0 bridgehead atoms. The maximum absolute atomic E-state index is 13.2. The van der Waals surface area contributed by atoms with E-state index in [0.29, 0.717) is 11.3 Å². The third-order valence-corrected chi connectivity index (χ3v) is 5.19. The Balaban J connectivity index is 2.19. The highest BCUT2D eigenvalue weighted by molar-refractivity contribution is 6.13. The van der Waals surface area contributed by atoms with Gasteiger partial charge in [0.1, 0.15) is 17.3 Å². The fraction of sp³-hybridized carbons (Fsp3) is 0.130. The smallest absolute Gasteiger partial charge is 0.333 e. The van der Waals surface area contributed by atoms with E-state index >= 15 is 0 Å². The summed E-state index contributed by atoms with van der Waals surface area (Å²) in [6.07, 6.45) is 0. The second kappa shape index (κ2) is 7.92. The fourth-order valence-electron chi connectivity index (χ4n) is 3.78. The largest absolute Gasteiger partial charge is 0.468 e. The lowest BCUT2D eigenvalue weighted by Gasteiger charge is -2.32. The average Bonchev–Trinajstić information content (AvgIpc) is 3.22. The van der Waals surface area contributed by atoms with E-state index < -0.39 is 28.8 Å². The molecule has 2 aromatic carbocycles. The van der Waals surface area contributed by atoms with E-state index in [1.807, 2.05) is 18.2 Å². The van der Waals surface area contributed by atoms with Crippen LogP contribution in [0.5, 0.6) is 5.88 Å². The molecule has 3 aromatic rings.